The van der Waals surface area contributed by atoms with Gasteiger partial charge in [0.15, 0.2) is 0 Å². The fraction of sp³-hybridized carbons (Fsp3) is 0.241. The molecule has 0 bridgehead atoms. The zero-order chi connectivity index (χ0) is 22.6. The number of benzene rings is 3. The standard InChI is InChI=1S/C29H28N2O2/c32-31(33)27-18-16-24(17-19-27)29-21-25(22-10-4-1-5-11-22)20-28(23-12-6-2-7-13-23)30(29)26-14-8-3-9-15-26/h1-15,20-21,24,27,29H,16-19H2. The monoisotopic (exact) mass is 436 g/mol. The Balaban J connectivity index is 1.61. The molecular weight excluding hydrogens is 408 g/mol. The van der Waals surface area contributed by atoms with Crippen LogP contribution < -0.4 is 4.90 Å². The summed E-state index contributed by atoms with van der Waals surface area (Å²) in [6.45, 7) is 0. The van der Waals surface area contributed by atoms with Gasteiger partial charge in [0.1, 0.15) is 0 Å². The lowest BCUT2D eigenvalue weighted by Gasteiger charge is -2.43. The van der Waals surface area contributed by atoms with Gasteiger partial charge in [-0.2, -0.15) is 0 Å². The summed E-state index contributed by atoms with van der Waals surface area (Å²) in [6, 6.07) is 31.3. The Labute approximate surface area is 195 Å². The Morgan fingerprint density at radius 2 is 1.27 bits per heavy atom. The van der Waals surface area contributed by atoms with Crippen molar-refractivity contribution in [3.8, 4) is 0 Å². The number of nitrogens with zero attached hydrogens (tertiary/aromatic N) is 2. The van der Waals surface area contributed by atoms with E-state index in [-0.39, 0.29) is 11.0 Å². The van der Waals surface area contributed by atoms with Crippen LogP contribution in [-0.2, 0) is 0 Å². The quantitative estimate of drug-likeness (QED) is 0.325. The van der Waals surface area contributed by atoms with Gasteiger partial charge in [-0.15, -0.1) is 0 Å². The minimum Gasteiger partial charge on any atom is -0.334 e. The first kappa shape index (κ1) is 21.2. The average Bonchev–Trinajstić information content (AvgIpc) is 2.89. The second kappa shape index (κ2) is 9.45. The lowest BCUT2D eigenvalue weighted by atomic mass is 9.78. The largest absolute Gasteiger partial charge is 0.334 e. The average molecular weight is 437 g/mol. The fourth-order valence-corrected chi connectivity index (χ4v) is 5.23. The Hall–Kier alpha value is -3.66. The molecule has 1 heterocycles. The van der Waals surface area contributed by atoms with E-state index < -0.39 is 6.04 Å². The molecule has 1 saturated carbocycles. The van der Waals surface area contributed by atoms with Gasteiger partial charge in [0.25, 0.3) is 0 Å². The van der Waals surface area contributed by atoms with Gasteiger partial charge in [-0.1, -0.05) is 84.9 Å². The molecule has 1 aliphatic carbocycles. The highest BCUT2D eigenvalue weighted by atomic mass is 16.6. The van der Waals surface area contributed by atoms with Crippen LogP contribution in [-0.4, -0.2) is 17.0 Å². The van der Waals surface area contributed by atoms with Crippen molar-refractivity contribution in [2.45, 2.75) is 37.8 Å². The van der Waals surface area contributed by atoms with Crippen molar-refractivity contribution in [1.29, 1.82) is 0 Å². The van der Waals surface area contributed by atoms with Gasteiger partial charge >= 0.3 is 0 Å². The number of rotatable bonds is 5. The van der Waals surface area contributed by atoms with E-state index >= 15 is 0 Å². The molecule has 1 atom stereocenters. The van der Waals surface area contributed by atoms with Gasteiger partial charge in [0.2, 0.25) is 6.04 Å². The highest BCUT2D eigenvalue weighted by Crippen LogP contribution is 2.42. The maximum atomic E-state index is 11.4. The minimum atomic E-state index is -0.406. The maximum Gasteiger partial charge on any atom is 0.213 e. The third kappa shape index (κ3) is 4.47. The number of para-hydroxylation sites is 1. The highest BCUT2D eigenvalue weighted by Gasteiger charge is 2.37. The molecule has 0 spiro atoms. The summed E-state index contributed by atoms with van der Waals surface area (Å²) < 4.78 is 0. The molecule has 5 rings (SSSR count). The van der Waals surface area contributed by atoms with Crippen LogP contribution in [0, 0.1) is 16.0 Å². The summed E-state index contributed by atoms with van der Waals surface area (Å²) in [5.41, 5.74) is 5.90. The SMILES string of the molecule is O=[N+]([O-])C1CCC(C2C=C(c3ccccc3)C=C(c3ccccc3)N2c2ccccc2)CC1. The van der Waals surface area contributed by atoms with Gasteiger partial charge in [0.05, 0.1) is 6.04 Å². The van der Waals surface area contributed by atoms with E-state index in [1.807, 2.05) is 18.2 Å². The third-order valence-corrected chi connectivity index (χ3v) is 6.93. The highest BCUT2D eigenvalue weighted by molar-refractivity contribution is 5.93. The van der Waals surface area contributed by atoms with E-state index in [0.29, 0.717) is 18.8 Å². The van der Waals surface area contributed by atoms with Crippen molar-refractivity contribution in [2.24, 2.45) is 5.92 Å². The van der Waals surface area contributed by atoms with Gasteiger partial charge < -0.3 is 4.90 Å². The molecule has 1 fully saturated rings. The zero-order valence-corrected chi connectivity index (χ0v) is 18.6. The number of hydrogen-bond acceptors (Lipinski definition) is 3. The van der Waals surface area contributed by atoms with Crippen LogP contribution in [0.15, 0.2) is 103 Å². The summed E-state index contributed by atoms with van der Waals surface area (Å²) in [5.74, 6) is 0.354. The van der Waals surface area contributed by atoms with Crippen LogP contribution in [0.2, 0.25) is 0 Å². The molecule has 33 heavy (non-hydrogen) atoms. The molecule has 166 valence electrons. The lowest BCUT2D eigenvalue weighted by Crippen LogP contribution is -2.42. The van der Waals surface area contributed by atoms with E-state index in [9.17, 15) is 10.1 Å². The molecule has 0 radical (unpaired) electrons. The fourth-order valence-electron chi connectivity index (χ4n) is 5.23. The number of hydrogen-bond donors (Lipinski definition) is 0. The van der Waals surface area contributed by atoms with Crippen LogP contribution >= 0.6 is 0 Å². The Kier molecular flexibility index (Phi) is 6.07. The van der Waals surface area contributed by atoms with Crippen molar-refractivity contribution >= 4 is 17.0 Å². The first-order chi connectivity index (χ1) is 16.2. The van der Waals surface area contributed by atoms with E-state index in [0.717, 1.165) is 18.5 Å². The van der Waals surface area contributed by atoms with Crippen molar-refractivity contribution in [1.82, 2.24) is 0 Å². The van der Waals surface area contributed by atoms with Crippen LogP contribution in [0.25, 0.3) is 11.3 Å². The van der Waals surface area contributed by atoms with Crippen molar-refractivity contribution in [3.63, 3.8) is 0 Å². The molecule has 3 aromatic carbocycles. The second-order valence-corrected chi connectivity index (χ2v) is 8.93. The van der Waals surface area contributed by atoms with Crippen molar-refractivity contribution in [3.05, 3.63) is 124 Å². The molecule has 0 aromatic heterocycles. The third-order valence-electron chi connectivity index (χ3n) is 6.93. The predicted molar refractivity (Wildman–Crippen MR) is 134 cm³/mol. The molecule has 1 aliphatic heterocycles. The van der Waals surface area contributed by atoms with Gasteiger partial charge in [-0.25, -0.2) is 0 Å². The van der Waals surface area contributed by atoms with Crippen LogP contribution in [0.3, 0.4) is 0 Å². The first-order valence-electron chi connectivity index (χ1n) is 11.7. The summed E-state index contributed by atoms with van der Waals surface area (Å²) in [5, 5.41) is 11.4. The molecule has 3 aromatic rings. The smallest absolute Gasteiger partial charge is 0.213 e. The molecule has 4 heteroatoms. The number of anilines is 1. The van der Waals surface area contributed by atoms with Gasteiger partial charge in [-0.05, 0) is 53.7 Å². The van der Waals surface area contributed by atoms with E-state index in [1.165, 1.54) is 22.4 Å². The van der Waals surface area contributed by atoms with Crippen molar-refractivity contribution < 1.29 is 4.92 Å². The summed E-state index contributed by atoms with van der Waals surface area (Å²) in [6.07, 6.45) is 7.69. The van der Waals surface area contributed by atoms with Crippen LogP contribution in [0.4, 0.5) is 5.69 Å². The van der Waals surface area contributed by atoms with Crippen LogP contribution in [0.5, 0.6) is 0 Å². The molecular formula is C29H28N2O2. The maximum absolute atomic E-state index is 11.4. The molecule has 0 N–H and O–H groups in total. The number of allylic oxidation sites excluding steroid dienone is 2. The second-order valence-electron chi connectivity index (χ2n) is 8.93. The summed E-state index contributed by atoms with van der Waals surface area (Å²) in [7, 11) is 0. The van der Waals surface area contributed by atoms with Gasteiger partial charge in [-0.3, -0.25) is 10.1 Å². The number of nitro groups is 1. The normalized spacial score (nSPS) is 22.9. The topological polar surface area (TPSA) is 46.4 Å². The Morgan fingerprint density at radius 1 is 0.727 bits per heavy atom. The predicted octanol–water partition coefficient (Wildman–Crippen LogP) is 6.84. The Bertz CT molecular complexity index is 1150. The molecule has 1 unspecified atom stereocenters. The minimum absolute atomic E-state index is 0.0907. The van der Waals surface area contributed by atoms with Crippen molar-refractivity contribution in [2.75, 3.05) is 4.90 Å². The zero-order valence-electron chi connectivity index (χ0n) is 18.6. The molecule has 2 aliphatic rings. The Morgan fingerprint density at radius 3 is 1.85 bits per heavy atom. The molecule has 4 nitrogen and oxygen atoms in total. The first-order valence-corrected chi connectivity index (χ1v) is 11.7. The molecule has 0 saturated heterocycles. The van der Waals surface area contributed by atoms with Gasteiger partial charge in [0, 0.05) is 29.1 Å². The van der Waals surface area contributed by atoms with E-state index in [1.54, 1.807) is 0 Å². The van der Waals surface area contributed by atoms with E-state index in [4.69, 9.17) is 0 Å². The van der Waals surface area contributed by atoms with E-state index in [2.05, 4.69) is 89.8 Å². The summed E-state index contributed by atoms with van der Waals surface area (Å²) >= 11 is 0. The summed E-state index contributed by atoms with van der Waals surface area (Å²) in [4.78, 5) is 13.7. The van der Waals surface area contributed by atoms with Crippen LogP contribution in [0.1, 0.15) is 36.8 Å². The molecule has 0 amide bonds. The lowest BCUT2D eigenvalue weighted by molar-refractivity contribution is -0.527.